The summed E-state index contributed by atoms with van der Waals surface area (Å²) in [5, 5.41) is 2.01. The lowest BCUT2D eigenvalue weighted by Crippen LogP contribution is -2.56. The van der Waals surface area contributed by atoms with E-state index in [4.69, 9.17) is 4.74 Å². The molecule has 0 unspecified atom stereocenters. The highest BCUT2D eigenvalue weighted by molar-refractivity contribution is 7.92. The molecule has 3 rings (SSSR count). The molecule has 1 fully saturated rings. The van der Waals surface area contributed by atoms with Crippen molar-refractivity contribution in [3.8, 4) is 5.75 Å². The van der Waals surface area contributed by atoms with Gasteiger partial charge in [0, 0.05) is 31.3 Å². The van der Waals surface area contributed by atoms with E-state index in [2.05, 4.69) is 5.32 Å². The minimum Gasteiger partial charge on any atom is -0.497 e. The zero-order chi connectivity index (χ0) is 19.6. The van der Waals surface area contributed by atoms with Crippen molar-refractivity contribution >= 4 is 27.3 Å². The lowest BCUT2D eigenvalue weighted by molar-refractivity contribution is -0.114. The molecule has 1 aliphatic heterocycles. The van der Waals surface area contributed by atoms with Gasteiger partial charge in [-0.3, -0.25) is 9.59 Å². The second kappa shape index (κ2) is 7.40. The van der Waals surface area contributed by atoms with Crippen molar-refractivity contribution in [1.82, 2.24) is 4.90 Å². The Morgan fingerprint density at radius 3 is 2.15 bits per heavy atom. The molecule has 0 aromatic heterocycles. The Kier molecular flexibility index (Phi) is 5.18. The molecule has 0 aliphatic carbocycles. The van der Waals surface area contributed by atoms with Gasteiger partial charge in [-0.1, -0.05) is 0 Å². The van der Waals surface area contributed by atoms with E-state index in [1.54, 1.807) is 36.4 Å². The van der Waals surface area contributed by atoms with Crippen molar-refractivity contribution in [2.24, 2.45) is 0 Å². The first kappa shape index (κ1) is 18.9. The average Bonchev–Trinajstić information content (AvgIpc) is 2.60. The van der Waals surface area contributed by atoms with Crippen LogP contribution in [0, 0.1) is 0 Å². The molecule has 2 aromatic rings. The summed E-state index contributed by atoms with van der Waals surface area (Å²) in [6.45, 7) is 1.71. The van der Waals surface area contributed by atoms with Gasteiger partial charge in [0.1, 0.15) is 11.0 Å². The monoisotopic (exact) mass is 388 g/mol. The molecule has 7 nitrogen and oxygen atoms in total. The molecule has 142 valence electrons. The predicted octanol–water partition coefficient (Wildman–Crippen LogP) is 1.95. The van der Waals surface area contributed by atoms with Crippen LogP contribution in [0.2, 0.25) is 0 Å². The summed E-state index contributed by atoms with van der Waals surface area (Å²) in [4.78, 5) is 25.2. The van der Waals surface area contributed by atoms with Crippen LogP contribution < -0.4 is 10.1 Å². The van der Waals surface area contributed by atoms with E-state index in [1.165, 1.54) is 31.1 Å². The number of carbonyl (C=O) groups excluding carboxylic acids is 2. The highest BCUT2D eigenvalue weighted by atomic mass is 32.2. The number of ether oxygens (including phenoxy) is 1. The fraction of sp³-hybridized carbons (Fsp3) is 0.263. The number of hydrogen-bond donors (Lipinski definition) is 1. The first-order valence-electron chi connectivity index (χ1n) is 8.36. The summed E-state index contributed by atoms with van der Waals surface area (Å²) in [5.41, 5.74) is 1.05. The number of methoxy groups -OCH3 is 1. The second-order valence-corrected chi connectivity index (χ2v) is 8.54. The van der Waals surface area contributed by atoms with Crippen LogP contribution >= 0.6 is 0 Å². The van der Waals surface area contributed by atoms with Gasteiger partial charge >= 0.3 is 0 Å². The van der Waals surface area contributed by atoms with E-state index < -0.39 is 15.1 Å². The number of benzene rings is 2. The van der Waals surface area contributed by atoms with Crippen LogP contribution in [-0.2, 0) is 14.6 Å². The van der Waals surface area contributed by atoms with Gasteiger partial charge in [-0.05, 0) is 48.5 Å². The maximum atomic E-state index is 12.6. The van der Waals surface area contributed by atoms with Gasteiger partial charge in [0.2, 0.25) is 5.91 Å². The van der Waals surface area contributed by atoms with Gasteiger partial charge in [0.15, 0.2) is 9.84 Å². The standard InChI is InChI=1S/C19H20N2O5S/c1-13(22)20-15-5-3-14(4-6-15)19(23)21-11-18(12-21)27(24,25)17-9-7-16(26-2)8-10-17/h3-10,18H,11-12H2,1-2H3,(H,20,22). The molecule has 1 saturated heterocycles. The van der Waals surface area contributed by atoms with Crippen LogP contribution in [0.3, 0.4) is 0 Å². The largest absolute Gasteiger partial charge is 0.497 e. The zero-order valence-corrected chi connectivity index (χ0v) is 15.8. The Balaban J connectivity index is 1.64. The number of anilines is 1. The minimum atomic E-state index is -3.49. The van der Waals surface area contributed by atoms with Crippen molar-refractivity contribution in [1.29, 1.82) is 0 Å². The molecule has 0 atom stereocenters. The third kappa shape index (κ3) is 3.95. The number of nitrogens with zero attached hydrogens (tertiary/aromatic N) is 1. The van der Waals surface area contributed by atoms with Crippen molar-refractivity contribution in [2.75, 3.05) is 25.5 Å². The molecular formula is C19H20N2O5S. The Labute approximate surface area is 157 Å². The highest BCUT2D eigenvalue weighted by Gasteiger charge is 2.40. The van der Waals surface area contributed by atoms with Crippen LogP contribution in [0.25, 0.3) is 0 Å². The molecule has 0 bridgehead atoms. The summed E-state index contributed by atoms with van der Waals surface area (Å²) in [7, 11) is -1.98. The Bertz CT molecular complexity index is 947. The lowest BCUT2D eigenvalue weighted by atomic mass is 10.1. The Hall–Kier alpha value is -2.87. The SMILES string of the molecule is COc1ccc(S(=O)(=O)C2CN(C(=O)c3ccc(NC(C)=O)cc3)C2)cc1. The van der Waals surface area contributed by atoms with Crippen molar-refractivity contribution in [3.63, 3.8) is 0 Å². The summed E-state index contributed by atoms with van der Waals surface area (Å²) < 4.78 is 30.3. The van der Waals surface area contributed by atoms with Crippen molar-refractivity contribution in [2.45, 2.75) is 17.1 Å². The van der Waals surface area contributed by atoms with E-state index in [9.17, 15) is 18.0 Å². The van der Waals surface area contributed by atoms with Gasteiger partial charge in [0.05, 0.1) is 12.0 Å². The minimum absolute atomic E-state index is 0.153. The summed E-state index contributed by atoms with van der Waals surface area (Å²) in [5.74, 6) is 0.163. The summed E-state index contributed by atoms with van der Waals surface area (Å²) >= 11 is 0. The highest BCUT2D eigenvalue weighted by Crippen LogP contribution is 2.26. The fourth-order valence-corrected chi connectivity index (χ4v) is 4.49. The lowest BCUT2D eigenvalue weighted by Gasteiger charge is -2.38. The smallest absolute Gasteiger partial charge is 0.253 e. The maximum Gasteiger partial charge on any atom is 0.253 e. The Morgan fingerprint density at radius 2 is 1.63 bits per heavy atom. The number of carbonyl (C=O) groups is 2. The third-order valence-electron chi connectivity index (χ3n) is 4.41. The van der Waals surface area contributed by atoms with Gasteiger partial charge in [-0.15, -0.1) is 0 Å². The predicted molar refractivity (Wildman–Crippen MR) is 101 cm³/mol. The number of likely N-dealkylation sites (tertiary alicyclic amines) is 1. The zero-order valence-electron chi connectivity index (χ0n) is 15.0. The van der Waals surface area contributed by atoms with Crippen molar-refractivity contribution < 1.29 is 22.7 Å². The van der Waals surface area contributed by atoms with Crippen LogP contribution in [0.5, 0.6) is 5.75 Å². The van der Waals surface area contributed by atoms with Crippen LogP contribution in [0.15, 0.2) is 53.4 Å². The summed E-state index contributed by atoms with van der Waals surface area (Å²) in [6.07, 6.45) is 0. The van der Waals surface area contributed by atoms with E-state index in [0.29, 0.717) is 17.0 Å². The Morgan fingerprint density at radius 1 is 1.04 bits per heavy atom. The summed E-state index contributed by atoms with van der Waals surface area (Å²) in [6, 6.07) is 12.7. The number of nitrogens with one attached hydrogen (secondary N) is 1. The molecule has 1 heterocycles. The second-order valence-electron chi connectivity index (χ2n) is 6.31. The van der Waals surface area contributed by atoms with Crippen LogP contribution in [0.1, 0.15) is 17.3 Å². The molecule has 2 aromatic carbocycles. The van der Waals surface area contributed by atoms with Gasteiger partial charge in [-0.2, -0.15) is 0 Å². The quantitative estimate of drug-likeness (QED) is 0.845. The van der Waals surface area contributed by atoms with E-state index >= 15 is 0 Å². The molecule has 27 heavy (non-hydrogen) atoms. The first-order valence-corrected chi connectivity index (χ1v) is 9.91. The van der Waals surface area contributed by atoms with Gasteiger partial charge < -0.3 is 15.0 Å². The molecule has 0 saturated carbocycles. The topological polar surface area (TPSA) is 92.8 Å². The molecule has 0 spiro atoms. The molecule has 8 heteroatoms. The van der Waals surface area contributed by atoms with Gasteiger partial charge in [-0.25, -0.2) is 8.42 Å². The molecule has 0 radical (unpaired) electrons. The van der Waals surface area contributed by atoms with Crippen molar-refractivity contribution in [3.05, 3.63) is 54.1 Å². The number of rotatable bonds is 5. The molecule has 2 amide bonds. The third-order valence-corrected chi connectivity index (χ3v) is 6.52. The van der Waals surface area contributed by atoms with E-state index in [-0.39, 0.29) is 29.8 Å². The molecule has 1 aliphatic rings. The van der Waals surface area contributed by atoms with Crippen LogP contribution in [-0.4, -0.2) is 50.6 Å². The number of sulfone groups is 1. The fourth-order valence-electron chi connectivity index (χ4n) is 2.84. The van der Waals surface area contributed by atoms with Crippen LogP contribution in [0.4, 0.5) is 5.69 Å². The maximum absolute atomic E-state index is 12.6. The average molecular weight is 388 g/mol. The number of amides is 2. The first-order chi connectivity index (χ1) is 12.8. The van der Waals surface area contributed by atoms with E-state index in [1.807, 2.05) is 0 Å². The van der Waals surface area contributed by atoms with E-state index in [0.717, 1.165) is 0 Å². The molecule has 1 N–H and O–H groups in total. The number of hydrogen-bond acceptors (Lipinski definition) is 5. The normalized spacial score (nSPS) is 14.4. The molecular weight excluding hydrogens is 368 g/mol. The van der Waals surface area contributed by atoms with Gasteiger partial charge in [0.25, 0.3) is 5.91 Å².